The van der Waals surface area contributed by atoms with E-state index in [9.17, 15) is 19.8 Å². The van der Waals surface area contributed by atoms with Gasteiger partial charge in [0, 0.05) is 16.7 Å². The standard InChI is InChI=1S/C23H19NO5S/c25-16-10-11-17(20(26)12-16)23(28)29-13-22(27)24-18-8-4-5-9-21(18)30-14-19(24)15-6-2-1-3-7-15/h1-12,19,25-26H,13-14H2/t19-/m1/s1. The average Bonchev–Trinajstić information content (AvgIpc) is 2.77. The third-order valence-corrected chi connectivity index (χ3v) is 5.95. The number of fused-ring (bicyclic) bond motifs is 1. The summed E-state index contributed by atoms with van der Waals surface area (Å²) in [5.41, 5.74) is 1.65. The van der Waals surface area contributed by atoms with Gasteiger partial charge in [-0.3, -0.25) is 9.69 Å². The van der Waals surface area contributed by atoms with Crippen molar-refractivity contribution in [3.05, 3.63) is 83.9 Å². The zero-order chi connectivity index (χ0) is 21.1. The molecule has 0 unspecified atom stereocenters. The Bertz CT molecular complexity index is 1090. The molecule has 3 aromatic carbocycles. The van der Waals surface area contributed by atoms with E-state index in [1.54, 1.807) is 16.7 Å². The maximum atomic E-state index is 13.2. The van der Waals surface area contributed by atoms with Gasteiger partial charge in [-0.1, -0.05) is 42.5 Å². The number of carbonyl (C=O) groups is 2. The van der Waals surface area contributed by atoms with Gasteiger partial charge in [0.1, 0.15) is 17.1 Å². The van der Waals surface area contributed by atoms with Gasteiger partial charge < -0.3 is 14.9 Å². The number of benzene rings is 3. The number of phenols is 2. The number of hydrogen-bond donors (Lipinski definition) is 2. The molecule has 0 spiro atoms. The molecule has 1 aliphatic rings. The number of amides is 1. The predicted octanol–water partition coefficient (Wildman–Crippen LogP) is 4.13. The molecule has 0 fully saturated rings. The summed E-state index contributed by atoms with van der Waals surface area (Å²) in [6.45, 7) is -0.471. The van der Waals surface area contributed by atoms with E-state index in [2.05, 4.69) is 0 Å². The summed E-state index contributed by atoms with van der Waals surface area (Å²) in [6, 6.07) is 20.7. The Morgan fingerprint density at radius 1 is 1.00 bits per heavy atom. The summed E-state index contributed by atoms with van der Waals surface area (Å²) in [5, 5.41) is 19.2. The Balaban J connectivity index is 1.57. The van der Waals surface area contributed by atoms with Gasteiger partial charge in [0.2, 0.25) is 0 Å². The van der Waals surface area contributed by atoms with Gasteiger partial charge in [-0.05, 0) is 29.8 Å². The van der Waals surface area contributed by atoms with Crippen LogP contribution in [0.3, 0.4) is 0 Å². The van der Waals surface area contributed by atoms with Crippen LogP contribution in [0.25, 0.3) is 0 Å². The Labute approximate surface area is 177 Å². The molecule has 30 heavy (non-hydrogen) atoms. The molecule has 152 valence electrons. The van der Waals surface area contributed by atoms with Crippen LogP contribution in [-0.4, -0.2) is 34.4 Å². The van der Waals surface area contributed by atoms with Gasteiger partial charge in [-0.15, -0.1) is 11.8 Å². The topological polar surface area (TPSA) is 87.1 Å². The average molecular weight is 421 g/mol. The highest BCUT2D eigenvalue weighted by Gasteiger charge is 2.33. The van der Waals surface area contributed by atoms with Crippen LogP contribution in [0.4, 0.5) is 5.69 Å². The molecule has 6 nitrogen and oxygen atoms in total. The second-order valence-corrected chi connectivity index (χ2v) is 7.81. The molecule has 0 bridgehead atoms. The summed E-state index contributed by atoms with van der Waals surface area (Å²) in [4.78, 5) is 28.1. The second-order valence-electron chi connectivity index (χ2n) is 6.75. The Morgan fingerprint density at radius 2 is 1.73 bits per heavy atom. The van der Waals surface area contributed by atoms with Crippen molar-refractivity contribution in [1.82, 2.24) is 0 Å². The van der Waals surface area contributed by atoms with Gasteiger partial charge in [0.15, 0.2) is 6.61 Å². The number of nitrogens with zero attached hydrogens (tertiary/aromatic N) is 1. The lowest BCUT2D eigenvalue weighted by Crippen LogP contribution is -2.41. The van der Waals surface area contributed by atoms with E-state index in [4.69, 9.17) is 4.74 Å². The minimum Gasteiger partial charge on any atom is -0.508 e. The minimum atomic E-state index is -0.836. The predicted molar refractivity (Wildman–Crippen MR) is 114 cm³/mol. The summed E-state index contributed by atoms with van der Waals surface area (Å²) in [7, 11) is 0. The highest BCUT2D eigenvalue weighted by atomic mass is 32.2. The van der Waals surface area contributed by atoms with Crippen molar-refractivity contribution in [3.63, 3.8) is 0 Å². The molecule has 0 saturated heterocycles. The molecule has 0 aliphatic carbocycles. The van der Waals surface area contributed by atoms with Crippen LogP contribution < -0.4 is 4.90 Å². The zero-order valence-electron chi connectivity index (χ0n) is 15.9. The summed E-state index contributed by atoms with van der Waals surface area (Å²) < 4.78 is 5.18. The normalized spacial score (nSPS) is 15.3. The van der Waals surface area contributed by atoms with Crippen LogP contribution in [-0.2, 0) is 9.53 Å². The fourth-order valence-corrected chi connectivity index (χ4v) is 4.55. The van der Waals surface area contributed by atoms with Crippen LogP contribution in [0.15, 0.2) is 77.7 Å². The monoisotopic (exact) mass is 421 g/mol. The summed E-state index contributed by atoms with van der Waals surface area (Å²) >= 11 is 1.68. The number of para-hydroxylation sites is 1. The molecular formula is C23H19NO5S. The lowest BCUT2D eigenvalue weighted by Gasteiger charge is -2.37. The van der Waals surface area contributed by atoms with Crippen LogP contribution in [0.2, 0.25) is 0 Å². The Kier molecular flexibility index (Phi) is 5.63. The van der Waals surface area contributed by atoms with Crippen LogP contribution >= 0.6 is 11.8 Å². The number of aromatic hydroxyl groups is 2. The van der Waals surface area contributed by atoms with Crippen molar-refractivity contribution in [3.8, 4) is 11.5 Å². The van der Waals surface area contributed by atoms with Crippen molar-refractivity contribution in [1.29, 1.82) is 0 Å². The van der Waals surface area contributed by atoms with Crippen molar-refractivity contribution < 1.29 is 24.5 Å². The molecule has 1 amide bonds. The molecule has 0 radical (unpaired) electrons. The van der Waals surface area contributed by atoms with Crippen molar-refractivity contribution in [2.24, 2.45) is 0 Å². The lowest BCUT2D eigenvalue weighted by atomic mass is 10.1. The van der Waals surface area contributed by atoms with E-state index in [1.807, 2.05) is 54.6 Å². The largest absolute Gasteiger partial charge is 0.508 e. The first-order valence-electron chi connectivity index (χ1n) is 9.32. The van der Waals surface area contributed by atoms with E-state index in [-0.39, 0.29) is 23.3 Å². The van der Waals surface area contributed by atoms with Gasteiger partial charge >= 0.3 is 5.97 Å². The molecule has 1 aliphatic heterocycles. The Morgan fingerprint density at radius 3 is 2.50 bits per heavy atom. The molecule has 0 aromatic heterocycles. The first-order chi connectivity index (χ1) is 14.5. The number of anilines is 1. The second kappa shape index (κ2) is 8.51. The Hall–Kier alpha value is -3.45. The number of phenolic OH excluding ortho intramolecular Hbond substituents is 2. The zero-order valence-corrected chi connectivity index (χ0v) is 16.7. The molecular weight excluding hydrogens is 402 g/mol. The van der Waals surface area contributed by atoms with Crippen LogP contribution in [0, 0.1) is 0 Å². The number of hydrogen-bond acceptors (Lipinski definition) is 6. The molecule has 2 N–H and O–H groups in total. The van der Waals surface area contributed by atoms with E-state index in [0.29, 0.717) is 5.75 Å². The molecule has 7 heteroatoms. The van der Waals surface area contributed by atoms with Crippen molar-refractivity contribution in [2.45, 2.75) is 10.9 Å². The van der Waals surface area contributed by atoms with E-state index >= 15 is 0 Å². The highest BCUT2D eigenvalue weighted by Crippen LogP contribution is 2.43. The number of carbonyl (C=O) groups excluding carboxylic acids is 2. The highest BCUT2D eigenvalue weighted by molar-refractivity contribution is 7.99. The number of rotatable bonds is 4. The van der Waals surface area contributed by atoms with E-state index in [0.717, 1.165) is 22.2 Å². The maximum Gasteiger partial charge on any atom is 0.342 e. The molecule has 1 heterocycles. The van der Waals surface area contributed by atoms with Gasteiger partial charge in [0.25, 0.3) is 5.91 Å². The SMILES string of the molecule is O=C(OCC(=O)N1c2ccccc2SC[C@@H]1c1ccccc1)c1ccc(O)cc1O. The molecule has 4 rings (SSSR count). The minimum absolute atomic E-state index is 0.116. The summed E-state index contributed by atoms with van der Waals surface area (Å²) in [5.74, 6) is -1.10. The smallest absolute Gasteiger partial charge is 0.342 e. The quantitative estimate of drug-likeness (QED) is 0.616. The molecule has 0 saturated carbocycles. The first kappa shape index (κ1) is 19.8. The summed E-state index contributed by atoms with van der Waals surface area (Å²) in [6.07, 6.45) is 0. The van der Waals surface area contributed by atoms with Crippen molar-refractivity contribution >= 4 is 29.3 Å². The lowest BCUT2D eigenvalue weighted by molar-refractivity contribution is -0.122. The first-order valence-corrected chi connectivity index (χ1v) is 10.3. The number of thioether (sulfide) groups is 1. The van der Waals surface area contributed by atoms with E-state index < -0.39 is 18.3 Å². The third kappa shape index (κ3) is 3.97. The van der Waals surface area contributed by atoms with Gasteiger partial charge in [-0.2, -0.15) is 0 Å². The van der Waals surface area contributed by atoms with Gasteiger partial charge in [-0.25, -0.2) is 4.79 Å². The molecule has 3 aromatic rings. The van der Waals surface area contributed by atoms with Gasteiger partial charge in [0.05, 0.1) is 11.7 Å². The third-order valence-electron chi connectivity index (χ3n) is 4.81. The number of ether oxygens (including phenoxy) is 1. The fourth-order valence-electron chi connectivity index (χ4n) is 3.39. The van der Waals surface area contributed by atoms with E-state index in [1.165, 1.54) is 12.1 Å². The molecule has 1 atom stereocenters. The van der Waals surface area contributed by atoms with Crippen molar-refractivity contribution in [2.75, 3.05) is 17.3 Å². The van der Waals surface area contributed by atoms with Crippen LogP contribution in [0.5, 0.6) is 11.5 Å². The number of esters is 1. The van der Waals surface area contributed by atoms with Crippen LogP contribution in [0.1, 0.15) is 22.0 Å². The maximum absolute atomic E-state index is 13.2. The fraction of sp³-hybridized carbons (Fsp3) is 0.130.